The third-order valence-electron chi connectivity index (χ3n) is 2.09. The van der Waals surface area contributed by atoms with Crippen LogP contribution >= 0.6 is 0 Å². The minimum Gasteiger partial charge on any atom is -0.383 e. The molecular weight excluding hydrogens is 196 g/mol. The number of aromatic nitrogens is 2. The molecule has 1 rings (SSSR count). The van der Waals surface area contributed by atoms with E-state index in [0.29, 0.717) is 19.0 Å². The van der Waals surface area contributed by atoms with Crippen molar-refractivity contribution in [1.82, 2.24) is 9.55 Å². The van der Waals surface area contributed by atoms with Crippen LogP contribution in [0.25, 0.3) is 0 Å². The van der Waals surface area contributed by atoms with E-state index < -0.39 is 6.10 Å². The molecule has 0 aliphatic heterocycles. The van der Waals surface area contributed by atoms with Gasteiger partial charge in [-0.3, -0.25) is 0 Å². The Morgan fingerprint density at radius 1 is 1.53 bits per heavy atom. The van der Waals surface area contributed by atoms with Crippen LogP contribution in [0, 0.1) is 0 Å². The first kappa shape index (κ1) is 12.2. The molecule has 0 spiro atoms. The molecule has 0 saturated heterocycles. The first-order chi connectivity index (χ1) is 7.29. The molecule has 1 aromatic heterocycles. The molecule has 5 heteroatoms. The minimum atomic E-state index is -0.670. The van der Waals surface area contributed by atoms with Gasteiger partial charge >= 0.3 is 0 Å². The topological polar surface area (TPSA) is 56.5 Å². The Balaban J connectivity index is 2.36. The van der Waals surface area contributed by atoms with E-state index in [-0.39, 0.29) is 6.61 Å². The Kier molecular flexibility index (Phi) is 5.31. The van der Waals surface area contributed by atoms with Gasteiger partial charge < -0.3 is 19.1 Å². The van der Waals surface area contributed by atoms with E-state index in [1.807, 2.05) is 17.7 Å². The third kappa shape index (κ3) is 3.62. The van der Waals surface area contributed by atoms with Crippen molar-refractivity contribution in [3.63, 3.8) is 0 Å². The highest BCUT2D eigenvalue weighted by Gasteiger charge is 2.12. The second kappa shape index (κ2) is 6.55. The first-order valence-electron chi connectivity index (χ1n) is 5.05. The molecule has 1 unspecified atom stereocenters. The lowest BCUT2D eigenvalue weighted by Gasteiger charge is -2.12. The summed E-state index contributed by atoms with van der Waals surface area (Å²) in [6, 6.07) is 0. The molecule has 86 valence electrons. The second-order valence-corrected chi connectivity index (χ2v) is 3.15. The predicted octanol–water partition coefficient (Wildman–Crippen LogP) is 0.599. The third-order valence-corrected chi connectivity index (χ3v) is 2.09. The summed E-state index contributed by atoms with van der Waals surface area (Å²) in [6.07, 6.45) is 2.85. The predicted molar refractivity (Wildman–Crippen MR) is 55.6 cm³/mol. The van der Waals surface area contributed by atoms with Crippen LogP contribution in [0.3, 0.4) is 0 Å². The van der Waals surface area contributed by atoms with E-state index in [9.17, 15) is 5.11 Å². The molecule has 0 bridgehead atoms. The van der Waals surface area contributed by atoms with Gasteiger partial charge in [0.1, 0.15) is 11.9 Å². The molecule has 1 aromatic rings. The number of nitrogens with zero attached hydrogens (tertiary/aromatic N) is 2. The summed E-state index contributed by atoms with van der Waals surface area (Å²) in [5.74, 6) is 0.648. The minimum absolute atomic E-state index is 0.250. The van der Waals surface area contributed by atoms with Gasteiger partial charge in [0.05, 0.1) is 19.8 Å². The normalized spacial score (nSPS) is 13.0. The van der Waals surface area contributed by atoms with E-state index in [1.165, 1.54) is 0 Å². The standard InChI is InChI=1S/C10H18N2O3/c1-3-12-5-4-11-10(12)9(13)8-15-7-6-14-2/h4-5,9,13H,3,6-8H2,1-2H3. The van der Waals surface area contributed by atoms with Crippen LogP contribution in [0.15, 0.2) is 12.4 Å². The Morgan fingerprint density at radius 3 is 3.00 bits per heavy atom. The van der Waals surface area contributed by atoms with E-state index in [0.717, 1.165) is 6.54 Å². The number of rotatable bonds is 7. The van der Waals surface area contributed by atoms with Crippen molar-refractivity contribution >= 4 is 0 Å². The van der Waals surface area contributed by atoms with Crippen molar-refractivity contribution in [3.05, 3.63) is 18.2 Å². The average Bonchev–Trinajstić information content (AvgIpc) is 2.72. The van der Waals surface area contributed by atoms with Gasteiger partial charge in [-0.25, -0.2) is 4.98 Å². The maximum atomic E-state index is 9.77. The smallest absolute Gasteiger partial charge is 0.140 e. The molecule has 0 radical (unpaired) electrons. The van der Waals surface area contributed by atoms with Gasteiger partial charge in [0, 0.05) is 26.0 Å². The maximum Gasteiger partial charge on any atom is 0.140 e. The molecule has 0 aromatic carbocycles. The molecule has 1 N–H and O–H groups in total. The molecule has 0 aliphatic carbocycles. The fourth-order valence-corrected chi connectivity index (χ4v) is 1.30. The highest BCUT2D eigenvalue weighted by molar-refractivity contribution is 4.96. The monoisotopic (exact) mass is 214 g/mol. The van der Waals surface area contributed by atoms with E-state index in [4.69, 9.17) is 9.47 Å². The average molecular weight is 214 g/mol. The van der Waals surface area contributed by atoms with Crippen LogP contribution in [0.2, 0.25) is 0 Å². The Hall–Kier alpha value is -0.910. The van der Waals surface area contributed by atoms with Crippen molar-refractivity contribution < 1.29 is 14.6 Å². The lowest BCUT2D eigenvalue weighted by atomic mass is 10.3. The number of imidazole rings is 1. The SMILES string of the molecule is CCn1ccnc1C(O)COCCOC. The van der Waals surface area contributed by atoms with E-state index in [2.05, 4.69) is 4.98 Å². The molecule has 0 aliphatic rings. The fourth-order valence-electron chi connectivity index (χ4n) is 1.30. The summed E-state index contributed by atoms with van der Waals surface area (Å²) >= 11 is 0. The second-order valence-electron chi connectivity index (χ2n) is 3.15. The molecule has 0 fully saturated rings. The molecular formula is C10H18N2O3. The van der Waals surface area contributed by atoms with Crippen molar-refractivity contribution in [2.45, 2.75) is 19.6 Å². The number of hydrogen-bond acceptors (Lipinski definition) is 4. The zero-order valence-electron chi connectivity index (χ0n) is 9.22. The van der Waals surface area contributed by atoms with E-state index >= 15 is 0 Å². The summed E-state index contributed by atoms with van der Waals surface area (Å²) in [7, 11) is 1.61. The highest BCUT2D eigenvalue weighted by Crippen LogP contribution is 2.10. The van der Waals surface area contributed by atoms with Crippen molar-refractivity contribution in [3.8, 4) is 0 Å². The first-order valence-corrected chi connectivity index (χ1v) is 5.05. The van der Waals surface area contributed by atoms with Gasteiger partial charge in [0.2, 0.25) is 0 Å². The fraction of sp³-hybridized carbons (Fsp3) is 0.700. The number of aliphatic hydroxyl groups is 1. The summed E-state index contributed by atoms with van der Waals surface area (Å²) in [5.41, 5.74) is 0. The number of methoxy groups -OCH3 is 1. The van der Waals surface area contributed by atoms with Crippen LogP contribution in [-0.2, 0) is 16.0 Å². The Bertz CT molecular complexity index is 275. The highest BCUT2D eigenvalue weighted by atomic mass is 16.5. The summed E-state index contributed by atoms with van der Waals surface area (Å²) in [6.45, 7) is 4.07. The molecule has 15 heavy (non-hydrogen) atoms. The number of aliphatic hydroxyl groups excluding tert-OH is 1. The maximum absolute atomic E-state index is 9.77. The van der Waals surface area contributed by atoms with Crippen LogP contribution in [0.5, 0.6) is 0 Å². The van der Waals surface area contributed by atoms with Gasteiger partial charge in [-0.2, -0.15) is 0 Å². The van der Waals surface area contributed by atoms with Crippen LogP contribution in [-0.4, -0.2) is 41.6 Å². The molecule has 5 nitrogen and oxygen atoms in total. The zero-order valence-corrected chi connectivity index (χ0v) is 9.22. The van der Waals surface area contributed by atoms with Crippen LogP contribution in [0.4, 0.5) is 0 Å². The quantitative estimate of drug-likeness (QED) is 0.675. The summed E-state index contributed by atoms with van der Waals surface area (Å²) in [5, 5.41) is 9.77. The van der Waals surface area contributed by atoms with Crippen LogP contribution in [0.1, 0.15) is 18.9 Å². The number of aryl methyl sites for hydroxylation is 1. The van der Waals surface area contributed by atoms with Gasteiger partial charge in [0.15, 0.2) is 0 Å². The van der Waals surface area contributed by atoms with Crippen molar-refractivity contribution in [2.24, 2.45) is 0 Å². The Labute approximate surface area is 89.6 Å². The van der Waals surface area contributed by atoms with Crippen LogP contribution < -0.4 is 0 Å². The lowest BCUT2D eigenvalue weighted by Crippen LogP contribution is -2.14. The van der Waals surface area contributed by atoms with Gasteiger partial charge in [-0.05, 0) is 6.92 Å². The van der Waals surface area contributed by atoms with Crippen molar-refractivity contribution in [1.29, 1.82) is 0 Å². The van der Waals surface area contributed by atoms with Gasteiger partial charge in [0.25, 0.3) is 0 Å². The zero-order chi connectivity index (χ0) is 11.1. The van der Waals surface area contributed by atoms with E-state index in [1.54, 1.807) is 13.3 Å². The van der Waals surface area contributed by atoms with Gasteiger partial charge in [-0.1, -0.05) is 0 Å². The largest absolute Gasteiger partial charge is 0.383 e. The summed E-state index contributed by atoms with van der Waals surface area (Å²) in [4.78, 5) is 4.09. The number of ether oxygens (including phenoxy) is 2. The number of hydrogen-bond donors (Lipinski definition) is 1. The Morgan fingerprint density at radius 2 is 2.33 bits per heavy atom. The molecule has 1 atom stereocenters. The van der Waals surface area contributed by atoms with Gasteiger partial charge in [-0.15, -0.1) is 0 Å². The molecule has 0 saturated carbocycles. The molecule has 0 amide bonds. The molecule has 1 heterocycles. The lowest BCUT2D eigenvalue weighted by molar-refractivity contribution is 0.00816. The van der Waals surface area contributed by atoms with Crippen molar-refractivity contribution in [2.75, 3.05) is 26.9 Å². The summed E-state index contributed by atoms with van der Waals surface area (Å²) < 4.78 is 12.0.